The van der Waals surface area contributed by atoms with Gasteiger partial charge < -0.3 is 10.1 Å². The van der Waals surface area contributed by atoms with Crippen LogP contribution in [0.3, 0.4) is 0 Å². The molecule has 2 heterocycles. The van der Waals surface area contributed by atoms with Crippen LogP contribution in [-0.2, 0) is 4.74 Å². The maximum absolute atomic E-state index is 5.46. The molecule has 3 heteroatoms. The molecule has 1 aromatic heterocycles. The Bertz CT molecular complexity index is 506. The van der Waals surface area contributed by atoms with Gasteiger partial charge in [0.25, 0.3) is 0 Å². The summed E-state index contributed by atoms with van der Waals surface area (Å²) in [4.78, 5) is 4.44. The second kappa shape index (κ2) is 4.72. The first-order chi connectivity index (χ1) is 8.42. The number of rotatable bonds is 2. The summed E-state index contributed by atoms with van der Waals surface area (Å²) < 4.78 is 5.46. The van der Waals surface area contributed by atoms with Crippen molar-refractivity contribution in [2.75, 3.05) is 18.5 Å². The van der Waals surface area contributed by atoms with Gasteiger partial charge in [0.05, 0.1) is 24.0 Å². The second-order valence-electron chi connectivity index (χ2n) is 4.48. The van der Waals surface area contributed by atoms with Gasteiger partial charge >= 0.3 is 0 Å². The first-order valence-electron chi connectivity index (χ1n) is 6.11. The van der Waals surface area contributed by atoms with E-state index in [4.69, 9.17) is 4.74 Å². The molecule has 17 heavy (non-hydrogen) atoms. The maximum Gasteiger partial charge on any atom is 0.0703 e. The van der Waals surface area contributed by atoms with Crippen LogP contribution in [0.25, 0.3) is 10.9 Å². The highest BCUT2D eigenvalue weighted by Gasteiger charge is 2.13. The van der Waals surface area contributed by atoms with Crippen LogP contribution in [0.4, 0.5) is 5.69 Å². The number of pyridine rings is 1. The molecule has 0 amide bonds. The highest BCUT2D eigenvalue weighted by atomic mass is 16.5. The lowest BCUT2D eigenvalue weighted by Gasteiger charge is -2.24. The van der Waals surface area contributed by atoms with Crippen LogP contribution in [0.15, 0.2) is 36.5 Å². The van der Waals surface area contributed by atoms with Gasteiger partial charge in [0.2, 0.25) is 0 Å². The van der Waals surface area contributed by atoms with E-state index in [2.05, 4.69) is 22.4 Å². The predicted molar refractivity (Wildman–Crippen MR) is 69.2 cm³/mol. The van der Waals surface area contributed by atoms with E-state index in [0.717, 1.165) is 30.8 Å². The molecule has 2 aromatic rings. The highest BCUT2D eigenvalue weighted by molar-refractivity contribution is 5.81. The van der Waals surface area contributed by atoms with Gasteiger partial charge in [-0.05, 0) is 25.0 Å². The molecule has 0 aliphatic carbocycles. The minimum Gasteiger partial charge on any atom is -0.379 e. The zero-order valence-corrected chi connectivity index (χ0v) is 9.73. The number of para-hydroxylation sites is 1. The number of benzene rings is 1. The van der Waals surface area contributed by atoms with Gasteiger partial charge in [-0.15, -0.1) is 0 Å². The molecule has 1 atom stereocenters. The average Bonchev–Trinajstić information content (AvgIpc) is 2.40. The Morgan fingerprint density at radius 1 is 1.29 bits per heavy atom. The molecule has 1 saturated heterocycles. The van der Waals surface area contributed by atoms with Gasteiger partial charge in [0.1, 0.15) is 0 Å². The molecule has 1 aromatic carbocycles. The predicted octanol–water partition coefficient (Wildman–Crippen LogP) is 2.83. The zero-order valence-electron chi connectivity index (χ0n) is 9.73. The fourth-order valence-electron chi connectivity index (χ4n) is 2.24. The van der Waals surface area contributed by atoms with E-state index in [0.29, 0.717) is 6.04 Å². The van der Waals surface area contributed by atoms with Crippen molar-refractivity contribution in [3.63, 3.8) is 0 Å². The third-order valence-corrected chi connectivity index (χ3v) is 3.12. The summed E-state index contributed by atoms with van der Waals surface area (Å²) in [5.74, 6) is 0. The third kappa shape index (κ3) is 2.39. The van der Waals surface area contributed by atoms with E-state index in [1.165, 1.54) is 11.8 Å². The summed E-state index contributed by atoms with van der Waals surface area (Å²) in [7, 11) is 0. The Hall–Kier alpha value is -1.61. The summed E-state index contributed by atoms with van der Waals surface area (Å²) in [6.07, 6.45) is 4.21. The van der Waals surface area contributed by atoms with Crippen LogP contribution in [0.1, 0.15) is 12.8 Å². The number of nitrogens with zero attached hydrogens (tertiary/aromatic N) is 1. The summed E-state index contributed by atoms with van der Waals surface area (Å²) in [6.45, 7) is 1.70. The van der Waals surface area contributed by atoms with E-state index >= 15 is 0 Å². The molecule has 1 aliphatic rings. The zero-order chi connectivity index (χ0) is 11.5. The third-order valence-electron chi connectivity index (χ3n) is 3.12. The summed E-state index contributed by atoms with van der Waals surface area (Å²) in [6, 6.07) is 10.7. The van der Waals surface area contributed by atoms with Crippen molar-refractivity contribution < 1.29 is 4.74 Å². The minimum absolute atomic E-state index is 0.423. The van der Waals surface area contributed by atoms with Crippen molar-refractivity contribution in [3.8, 4) is 0 Å². The van der Waals surface area contributed by atoms with Crippen molar-refractivity contribution in [2.45, 2.75) is 18.9 Å². The van der Waals surface area contributed by atoms with Crippen molar-refractivity contribution in [1.29, 1.82) is 0 Å². The average molecular weight is 228 g/mol. The first-order valence-corrected chi connectivity index (χ1v) is 6.11. The molecule has 0 bridgehead atoms. The van der Waals surface area contributed by atoms with E-state index in [9.17, 15) is 0 Å². The Morgan fingerprint density at radius 3 is 3.12 bits per heavy atom. The van der Waals surface area contributed by atoms with E-state index in [1.54, 1.807) is 0 Å². The summed E-state index contributed by atoms with van der Waals surface area (Å²) >= 11 is 0. The highest BCUT2D eigenvalue weighted by Crippen LogP contribution is 2.18. The van der Waals surface area contributed by atoms with Crippen molar-refractivity contribution >= 4 is 16.6 Å². The fraction of sp³-hybridized carbons (Fsp3) is 0.357. The lowest BCUT2D eigenvalue weighted by molar-refractivity contribution is 0.0876. The molecule has 1 N–H and O–H groups in total. The number of aromatic nitrogens is 1. The monoisotopic (exact) mass is 228 g/mol. The lowest BCUT2D eigenvalue weighted by atomic mass is 10.1. The second-order valence-corrected chi connectivity index (χ2v) is 4.48. The fourth-order valence-corrected chi connectivity index (χ4v) is 2.24. The minimum atomic E-state index is 0.423. The van der Waals surface area contributed by atoms with Crippen molar-refractivity contribution in [1.82, 2.24) is 4.98 Å². The Labute approximate surface area is 101 Å². The van der Waals surface area contributed by atoms with Gasteiger partial charge in [-0.3, -0.25) is 4.98 Å². The van der Waals surface area contributed by atoms with Crippen molar-refractivity contribution in [3.05, 3.63) is 36.5 Å². The number of nitrogens with one attached hydrogen (secondary N) is 1. The topological polar surface area (TPSA) is 34.2 Å². The number of fused-ring (bicyclic) bond motifs is 1. The van der Waals surface area contributed by atoms with Crippen LogP contribution >= 0.6 is 0 Å². The van der Waals surface area contributed by atoms with Gasteiger partial charge in [-0.1, -0.05) is 18.2 Å². The normalized spacial score (nSPS) is 20.4. The Balaban J connectivity index is 1.80. The van der Waals surface area contributed by atoms with Gasteiger partial charge in [-0.25, -0.2) is 0 Å². The van der Waals surface area contributed by atoms with Crippen LogP contribution in [0, 0.1) is 0 Å². The number of hydrogen-bond acceptors (Lipinski definition) is 3. The molecule has 3 nitrogen and oxygen atoms in total. The standard InChI is InChI=1S/C14H16N2O/c1-2-6-14-11(4-1)8-13(9-15-14)16-12-5-3-7-17-10-12/h1-2,4,6,8-9,12,16H,3,5,7,10H2. The lowest BCUT2D eigenvalue weighted by Crippen LogP contribution is -2.29. The molecule has 0 spiro atoms. The van der Waals surface area contributed by atoms with Gasteiger partial charge in [0.15, 0.2) is 0 Å². The molecule has 1 aliphatic heterocycles. The smallest absolute Gasteiger partial charge is 0.0703 e. The van der Waals surface area contributed by atoms with Crippen LogP contribution < -0.4 is 5.32 Å². The van der Waals surface area contributed by atoms with Crippen LogP contribution in [0.2, 0.25) is 0 Å². The SMILES string of the molecule is c1ccc2ncc(NC3CCCOC3)cc2c1. The summed E-state index contributed by atoms with van der Waals surface area (Å²) in [5.41, 5.74) is 2.12. The first kappa shape index (κ1) is 10.5. The molecule has 0 radical (unpaired) electrons. The maximum atomic E-state index is 5.46. The molecule has 88 valence electrons. The molecular weight excluding hydrogens is 212 g/mol. The van der Waals surface area contributed by atoms with Crippen LogP contribution in [0.5, 0.6) is 0 Å². The largest absolute Gasteiger partial charge is 0.379 e. The van der Waals surface area contributed by atoms with E-state index < -0.39 is 0 Å². The number of anilines is 1. The van der Waals surface area contributed by atoms with Gasteiger partial charge in [0, 0.05) is 18.0 Å². The Morgan fingerprint density at radius 2 is 2.24 bits per heavy atom. The van der Waals surface area contributed by atoms with Crippen LogP contribution in [-0.4, -0.2) is 24.2 Å². The van der Waals surface area contributed by atoms with E-state index in [-0.39, 0.29) is 0 Å². The van der Waals surface area contributed by atoms with Gasteiger partial charge in [-0.2, -0.15) is 0 Å². The number of hydrogen-bond donors (Lipinski definition) is 1. The molecule has 1 unspecified atom stereocenters. The molecule has 0 saturated carbocycles. The number of ether oxygens (including phenoxy) is 1. The summed E-state index contributed by atoms with van der Waals surface area (Å²) in [5, 5.41) is 4.66. The van der Waals surface area contributed by atoms with E-state index in [1.807, 2.05) is 24.4 Å². The molecule has 3 rings (SSSR count). The molecular formula is C14H16N2O. The molecule has 1 fully saturated rings. The quantitative estimate of drug-likeness (QED) is 0.858. The Kier molecular flexibility index (Phi) is 2.92. The van der Waals surface area contributed by atoms with Crippen molar-refractivity contribution in [2.24, 2.45) is 0 Å².